The summed E-state index contributed by atoms with van der Waals surface area (Å²) in [6.07, 6.45) is -2.09. The molecule has 6 aromatic rings. The first-order valence-corrected chi connectivity index (χ1v) is 22.4. The third-order valence-electron chi connectivity index (χ3n) is 12.5. The number of amides is 3. The van der Waals surface area contributed by atoms with Crippen LogP contribution >= 0.6 is 0 Å². The van der Waals surface area contributed by atoms with Crippen LogP contribution < -0.4 is 32.3 Å². The molecule has 3 saturated heterocycles. The van der Waals surface area contributed by atoms with Crippen molar-refractivity contribution in [3.63, 3.8) is 0 Å². The van der Waals surface area contributed by atoms with Crippen molar-refractivity contribution in [1.29, 1.82) is 0 Å². The number of carbonyl (C=O) groups excluding carboxylic acids is 3. The van der Waals surface area contributed by atoms with E-state index in [2.05, 4.69) is 41.7 Å². The smallest absolute Gasteiger partial charge is 0.405 e. The van der Waals surface area contributed by atoms with Gasteiger partial charge in [0.1, 0.15) is 24.7 Å². The molecule has 0 bridgehead atoms. The van der Waals surface area contributed by atoms with Gasteiger partial charge in [-0.15, -0.1) is 0 Å². The summed E-state index contributed by atoms with van der Waals surface area (Å²) in [6.45, 7) is 2.46. The lowest BCUT2D eigenvalue weighted by Crippen LogP contribution is -2.44. The number of aromatic nitrogens is 6. The van der Waals surface area contributed by atoms with E-state index in [4.69, 9.17) is 13.9 Å². The molecule has 9 rings (SSSR count). The minimum atomic E-state index is -4.47. The summed E-state index contributed by atoms with van der Waals surface area (Å²) in [5.41, 5.74) is 2.62. The lowest BCUT2D eigenvalue weighted by atomic mass is 9.96. The van der Waals surface area contributed by atoms with Gasteiger partial charge in [-0.1, -0.05) is 24.3 Å². The average Bonchev–Trinajstić information content (AvgIpc) is 4.18. The first-order valence-electron chi connectivity index (χ1n) is 22.4. The second-order valence-electron chi connectivity index (χ2n) is 17.2. The van der Waals surface area contributed by atoms with Gasteiger partial charge in [0, 0.05) is 56.7 Å². The van der Waals surface area contributed by atoms with Crippen molar-refractivity contribution in [1.82, 2.24) is 44.8 Å². The molecule has 0 radical (unpaired) electrons. The van der Waals surface area contributed by atoms with Gasteiger partial charge in [0.25, 0.3) is 12.3 Å². The quantitative estimate of drug-likeness (QED) is 0.0434. The molecule has 18 nitrogen and oxygen atoms in total. The Bertz CT molecular complexity index is 2900. The number of rotatable bonds is 18. The minimum absolute atomic E-state index is 0.0327. The fraction of sp³-hybridized carbons (Fsp3) is 0.413. The summed E-state index contributed by atoms with van der Waals surface area (Å²) in [5.74, 6) is -1.53. The molecule has 3 amide bonds. The van der Waals surface area contributed by atoms with Gasteiger partial charge in [-0.05, 0) is 67.3 Å². The number of imidazole rings is 1. The third-order valence-corrected chi connectivity index (χ3v) is 12.5. The van der Waals surface area contributed by atoms with E-state index in [1.54, 1.807) is 23.7 Å². The van der Waals surface area contributed by atoms with Crippen LogP contribution in [-0.4, -0.2) is 104 Å². The highest BCUT2D eigenvalue weighted by molar-refractivity contribution is 6.03. The van der Waals surface area contributed by atoms with E-state index in [1.807, 2.05) is 30.3 Å². The van der Waals surface area contributed by atoms with Gasteiger partial charge in [0.05, 0.1) is 54.0 Å². The number of nitrogens with one attached hydrogen (secondary N) is 5. The zero-order valence-corrected chi connectivity index (χ0v) is 37.1. The number of piperidine rings is 1. The molecule has 3 aliphatic rings. The second kappa shape index (κ2) is 20.0. The molecule has 364 valence electrons. The number of hydrogen-bond acceptors (Lipinski definition) is 13. The van der Waals surface area contributed by atoms with Crippen LogP contribution in [0.15, 0.2) is 82.5 Å². The minimum Gasteiger partial charge on any atom is -0.444 e. The molecule has 3 fully saturated rings. The van der Waals surface area contributed by atoms with E-state index in [0.29, 0.717) is 43.9 Å². The number of para-hydroxylation sites is 1. The molecule has 23 heteroatoms. The number of nitrogens with zero attached hydrogens (tertiary/aromatic N) is 6. The Morgan fingerprint density at radius 3 is 2.46 bits per heavy atom. The fourth-order valence-corrected chi connectivity index (χ4v) is 9.14. The Morgan fingerprint density at radius 1 is 0.986 bits per heavy atom. The molecule has 7 heterocycles. The van der Waals surface area contributed by atoms with E-state index in [-0.39, 0.29) is 77.1 Å². The first kappa shape index (κ1) is 47.3. The zero-order chi connectivity index (χ0) is 48.4. The fourth-order valence-electron chi connectivity index (χ4n) is 9.14. The van der Waals surface area contributed by atoms with Gasteiger partial charge >= 0.3 is 11.9 Å². The Hall–Kier alpha value is -6.82. The van der Waals surface area contributed by atoms with Crippen molar-refractivity contribution < 1.29 is 50.2 Å². The number of aryl methyl sites for hydroxylation is 2. The predicted octanol–water partition coefficient (Wildman–Crippen LogP) is 5.06. The van der Waals surface area contributed by atoms with Crippen molar-refractivity contribution in [2.45, 2.75) is 63.1 Å². The number of hydrogen-bond donors (Lipinski definition) is 5. The summed E-state index contributed by atoms with van der Waals surface area (Å²) in [4.78, 5) is 58.6. The number of pyridine rings is 1. The SMILES string of the molecule is Cn1c(=O)n(C2CCC(=O)NC2=O)c2cccc(CCCNCC3COC4C(CNCc5ccc(-n6cc(NC(=O)c7coc(-c8ccnc(NCC(F)(F)F)c8)n7)c(C(F)F)n6)cc5)COC34)c21. The van der Waals surface area contributed by atoms with Crippen LogP contribution in [-0.2, 0) is 39.1 Å². The van der Waals surface area contributed by atoms with Crippen molar-refractivity contribution in [2.75, 3.05) is 50.0 Å². The first-order chi connectivity index (χ1) is 33.2. The van der Waals surface area contributed by atoms with Crippen molar-refractivity contribution in [2.24, 2.45) is 18.9 Å². The normalized spacial score (nSPS) is 20.5. The van der Waals surface area contributed by atoms with Crippen LogP contribution in [0.1, 0.15) is 59.0 Å². The monoisotopic (exact) mass is 961 g/mol. The Morgan fingerprint density at radius 2 is 1.74 bits per heavy atom. The number of oxazole rings is 1. The Kier molecular flexibility index (Phi) is 13.7. The number of halogens is 5. The maximum atomic E-state index is 14.1. The van der Waals surface area contributed by atoms with Gasteiger partial charge in [-0.25, -0.2) is 28.2 Å². The molecule has 5 N–H and O–H groups in total. The molecular weight excluding hydrogens is 914 g/mol. The number of ether oxygens (including phenoxy) is 2. The summed E-state index contributed by atoms with van der Waals surface area (Å²) in [7, 11) is 1.70. The molecule has 4 aromatic heterocycles. The number of carbonyl (C=O) groups is 3. The van der Waals surface area contributed by atoms with Crippen LogP contribution in [0.3, 0.4) is 0 Å². The zero-order valence-electron chi connectivity index (χ0n) is 37.1. The molecule has 0 spiro atoms. The number of benzene rings is 2. The molecule has 2 aromatic carbocycles. The summed E-state index contributed by atoms with van der Waals surface area (Å²) < 4.78 is 88.2. The van der Waals surface area contributed by atoms with E-state index >= 15 is 0 Å². The highest BCUT2D eigenvalue weighted by Crippen LogP contribution is 2.35. The molecule has 5 unspecified atom stereocenters. The Balaban J connectivity index is 0.723. The predicted molar refractivity (Wildman–Crippen MR) is 239 cm³/mol. The lowest BCUT2D eigenvalue weighted by Gasteiger charge is -2.22. The highest BCUT2D eigenvalue weighted by atomic mass is 19.4. The lowest BCUT2D eigenvalue weighted by molar-refractivity contribution is -0.135. The van der Waals surface area contributed by atoms with Crippen LogP contribution in [0.25, 0.3) is 28.2 Å². The molecular formula is C46H48F5N11O7. The van der Waals surface area contributed by atoms with E-state index in [9.17, 15) is 41.1 Å². The summed E-state index contributed by atoms with van der Waals surface area (Å²) in [6, 6.07) is 14.8. The van der Waals surface area contributed by atoms with Crippen LogP contribution in [0.2, 0.25) is 0 Å². The largest absolute Gasteiger partial charge is 0.444 e. The third kappa shape index (κ3) is 10.5. The number of anilines is 2. The van der Waals surface area contributed by atoms with Gasteiger partial charge in [-0.3, -0.25) is 28.8 Å². The number of alkyl halides is 5. The average molecular weight is 962 g/mol. The van der Waals surface area contributed by atoms with E-state index in [0.717, 1.165) is 42.4 Å². The van der Waals surface area contributed by atoms with Crippen LogP contribution in [0.4, 0.5) is 33.5 Å². The maximum absolute atomic E-state index is 14.1. The molecule has 69 heavy (non-hydrogen) atoms. The van der Waals surface area contributed by atoms with Crippen molar-refractivity contribution in [3.8, 4) is 17.1 Å². The molecule has 5 atom stereocenters. The second-order valence-corrected chi connectivity index (χ2v) is 17.2. The standard InChI is InChI=1S/C46H48F5N11O7/c1-60-38-26(4-2-6-33(38)62(45(60)66)34-11-12-36(63)58-43(34)65)5-3-14-52-18-28-21-67-40-29(22-68-39(28)40)19-53-17-25-7-9-30(10-8-25)61-20-31(37(59-61)41(47)48)56-42(64)32-23-69-44(57-32)27-13-15-54-35(16-27)55-24-46(49,50)51/h2,4,6-10,13,15-16,20,23,28-29,34,39-41,52-53H,3,5,11-12,14,17-19,21-22,24H2,1H3,(H,54,55)(H,56,64)(H,58,63,65). The van der Waals surface area contributed by atoms with Crippen LogP contribution in [0, 0.1) is 11.8 Å². The Labute approximate surface area is 389 Å². The van der Waals surface area contributed by atoms with Gasteiger partial charge < -0.3 is 35.2 Å². The highest BCUT2D eigenvalue weighted by Gasteiger charge is 2.47. The van der Waals surface area contributed by atoms with Gasteiger partial charge in [-0.2, -0.15) is 18.3 Å². The molecule has 0 aliphatic carbocycles. The van der Waals surface area contributed by atoms with Crippen molar-refractivity contribution in [3.05, 3.63) is 106 Å². The van der Waals surface area contributed by atoms with Crippen LogP contribution in [0.5, 0.6) is 0 Å². The molecule has 3 aliphatic heterocycles. The van der Waals surface area contributed by atoms with Crippen molar-refractivity contribution >= 4 is 40.3 Å². The summed E-state index contributed by atoms with van der Waals surface area (Å²) >= 11 is 0. The number of fused-ring (bicyclic) bond motifs is 2. The summed E-state index contributed by atoms with van der Waals surface area (Å²) in [5, 5.41) is 18.0. The number of imide groups is 1. The van der Waals surface area contributed by atoms with E-state index < -0.39 is 42.7 Å². The molecule has 0 saturated carbocycles. The topological polar surface area (TPSA) is 213 Å². The van der Waals surface area contributed by atoms with Gasteiger partial charge in [0.2, 0.25) is 17.7 Å². The maximum Gasteiger partial charge on any atom is 0.405 e. The van der Waals surface area contributed by atoms with Gasteiger partial charge in [0.15, 0.2) is 11.4 Å². The van der Waals surface area contributed by atoms with E-state index in [1.165, 1.54) is 33.8 Å².